The summed E-state index contributed by atoms with van der Waals surface area (Å²) in [6, 6.07) is 0. The Kier molecular flexibility index (Phi) is 1.18. The molecule has 0 saturated heterocycles. The van der Waals surface area contributed by atoms with Crippen LogP contribution in [0, 0.1) is 0 Å². The summed E-state index contributed by atoms with van der Waals surface area (Å²) in [7, 11) is 1.71. The molecule has 2 rings (SSSR count). The van der Waals surface area contributed by atoms with Crippen LogP contribution in [-0.4, -0.2) is 19.5 Å². The number of anilines is 1. The van der Waals surface area contributed by atoms with Gasteiger partial charge in [0, 0.05) is 7.05 Å². The van der Waals surface area contributed by atoms with E-state index in [1.54, 1.807) is 11.6 Å². The quantitative estimate of drug-likeness (QED) is 0.536. The molecule has 0 saturated carbocycles. The molecule has 0 spiro atoms. The van der Waals surface area contributed by atoms with Crippen molar-refractivity contribution in [2.45, 2.75) is 0 Å². The van der Waals surface area contributed by atoms with Gasteiger partial charge in [0.1, 0.15) is 0 Å². The monoisotopic (exact) mass is 165 g/mol. The maximum atomic E-state index is 11.1. The number of aromatic nitrogens is 4. The van der Waals surface area contributed by atoms with Gasteiger partial charge < -0.3 is 10.7 Å². The van der Waals surface area contributed by atoms with Crippen molar-refractivity contribution in [2.24, 2.45) is 7.05 Å². The lowest BCUT2D eigenvalue weighted by atomic mass is 10.5. The molecule has 0 unspecified atom stereocenters. The number of H-pyrrole nitrogens is 1. The van der Waals surface area contributed by atoms with Crippen LogP contribution in [0.15, 0.2) is 11.1 Å². The molecule has 0 fully saturated rings. The number of hydrogen-bond donors (Lipinski definition) is 2. The van der Waals surface area contributed by atoms with Crippen molar-refractivity contribution < 1.29 is 0 Å². The zero-order valence-electron chi connectivity index (χ0n) is 6.40. The fourth-order valence-electron chi connectivity index (χ4n) is 1.03. The molecule has 6 heteroatoms. The summed E-state index contributed by atoms with van der Waals surface area (Å²) < 4.78 is 1.56. The topological polar surface area (TPSA) is 89.6 Å². The number of nitrogens with one attached hydrogen (secondary N) is 1. The van der Waals surface area contributed by atoms with E-state index in [4.69, 9.17) is 5.73 Å². The molecule has 0 aliphatic rings. The summed E-state index contributed by atoms with van der Waals surface area (Å²) in [4.78, 5) is 21.3. The van der Waals surface area contributed by atoms with E-state index in [0.29, 0.717) is 5.65 Å². The van der Waals surface area contributed by atoms with E-state index in [1.807, 2.05) is 0 Å². The molecule has 3 N–H and O–H groups in total. The van der Waals surface area contributed by atoms with Crippen LogP contribution in [0.2, 0.25) is 0 Å². The summed E-state index contributed by atoms with van der Waals surface area (Å²) in [6.45, 7) is 0. The van der Waals surface area contributed by atoms with Crippen molar-refractivity contribution in [2.75, 3.05) is 5.73 Å². The first kappa shape index (κ1) is 6.84. The van der Waals surface area contributed by atoms with E-state index in [9.17, 15) is 4.79 Å². The van der Waals surface area contributed by atoms with Crippen LogP contribution < -0.4 is 11.3 Å². The van der Waals surface area contributed by atoms with E-state index < -0.39 is 0 Å². The number of aromatic amines is 1. The van der Waals surface area contributed by atoms with Crippen molar-refractivity contribution in [3.8, 4) is 0 Å². The van der Waals surface area contributed by atoms with Crippen molar-refractivity contribution in [1.82, 2.24) is 19.5 Å². The Balaban J connectivity index is 3.05. The first-order chi connectivity index (χ1) is 5.70. The van der Waals surface area contributed by atoms with Gasteiger partial charge in [-0.1, -0.05) is 0 Å². The lowest BCUT2D eigenvalue weighted by molar-refractivity contribution is 0.943. The van der Waals surface area contributed by atoms with Crippen molar-refractivity contribution >= 4 is 17.1 Å². The van der Waals surface area contributed by atoms with Gasteiger partial charge in [0.25, 0.3) is 5.56 Å². The second-order valence-corrected chi connectivity index (χ2v) is 2.43. The molecule has 0 amide bonds. The van der Waals surface area contributed by atoms with Gasteiger partial charge in [0.15, 0.2) is 11.2 Å². The van der Waals surface area contributed by atoms with Crippen LogP contribution in [0.25, 0.3) is 11.2 Å². The molecule has 0 aliphatic heterocycles. The average molecular weight is 165 g/mol. The smallest absolute Gasteiger partial charge is 0.278 e. The molecular weight excluding hydrogens is 158 g/mol. The Morgan fingerprint density at radius 2 is 2.42 bits per heavy atom. The number of nitrogen functional groups attached to an aromatic ring is 1. The summed E-state index contributed by atoms with van der Waals surface area (Å²) in [6.07, 6.45) is 1.33. The van der Waals surface area contributed by atoms with Crippen molar-refractivity contribution in [3.05, 3.63) is 16.7 Å². The predicted octanol–water partition coefficient (Wildman–Crippen LogP) is -0.761. The van der Waals surface area contributed by atoms with Gasteiger partial charge in [0.2, 0.25) is 5.95 Å². The van der Waals surface area contributed by atoms with E-state index in [1.165, 1.54) is 6.33 Å². The van der Waals surface area contributed by atoms with E-state index in [-0.39, 0.29) is 17.0 Å². The molecule has 0 radical (unpaired) electrons. The summed E-state index contributed by atoms with van der Waals surface area (Å²) >= 11 is 0. The number of aryl methyl sites for hydroxylation is 1. The van der Waals surface area contributed by atoms with E-state index in [2.05, 4.69) is 15.0 Å². The Labute approximate surface area is 67.1 Å². The van der Waals surface area contributed by atoms with Gasteiger partial charge in [-0.2, -0.15) is 0 Å². The minimum atomic E-state index is -0.271. The molecule has 2 heterocycles. The highest BCUT2D eigenvalue weighted by atomic mass is 16.1. The third kappa shape index (κ3) is 0.714. The van der Waals surface area contributed by atoms with Gasteiger partial charge in [0.05, 0.1) is 6.33 Å². The van der Waals surface area contributed by atoms with Gasteiger partial charge in [-0.05, 0) is 0 Å². The minimum Gasteiger partial charge on any atom is -0.369 e. The molecular formula is C6H7N5O. The van der Waals surface area contributed by atoms with Gasteiger partial charge in [-0.3, -0.25) is 9.36 Å². The number of imidazole rings is 1. The lowest BCUT2D eigenvalue weighted by Crippen LogP contribution is -2.06. The Morgan fingerprint density at radius 3 is 3.08 bits per heavy atom. The average Bonchev–Trinajstić information content (AvgIpc) is 2.32. The van der Waals surface area contributed by atoms with Crippen molar-refractivity contribution in [3.63, 3.8) is 0 Å². The second-order valence-electron chi connectivity index (χ2n) is 2.43. The fraction of sp³-hybridized carbons (Fsp3) is 0.167. The van der Waals surface area contributed by atoms with Gasteiger partial charge in [-0.15, -0.1) is 0 Å². The Bertz CT molecular complexity index is 482. The highest BCUT2D eigenvalue weighted by Gasteiger charge is 2.07. The minimum absolute atomic E-state index is 0.271. The molecule has 0 bridgehead atoms. The second kappa shape index (κ2) is 2.07. The van der Waals surface area contributed by atoms with E-state index >= 15 is 0 Å². The SMILES string of the molecule is Cn1c(N)nc2c(=O)[nH]cnc21. The summed E-state index contributed by atoms with van der Waals surface area (Å²) in [5.41, 5.74) is 5.98. The van der Waals surface area contributed by atoms with Crippen LogP contribution in [0.1, 0.15) is 0 Å². The number of rotatable bonds is 0. The lowest BCUT2D eigenvalue weighted by Gasteiger charge is -1.92. The first-order valence-electron chi connectivity index (χ1n) is 3.35. The first-order valence-corrected chi connectivity index (χ1v) is 3.35. The Morgan fingerprint density at radius 1 is 1.67 bits per heavy atom. The van der Waals surface area contributed by atoms with Crippen LogP contribution in [-0.2, 0) is 7.05 Å². The fourth-order valence-corrected chi connectivity index (χ4v) is 1.03. The van der Waals surface area contributed by atoms with Gasteiger partial charge >= 0.3 is 0 Å². The zero-order valence-corrected chi connectivity index (χ0v) is 6.40. The van der Waals surface area contributed by atoms with Crippen LogP contribution in [0.4, 0.5) is 5.95 Å². The summed E-state index contributed by atoms with van der Waals surface area (Å²) in [5, 5.41) is 0. The molecule has 0 atom stereocenters. The molecule has 6 nitrogen and oxygen atoms in total. The molecule has 2 aromatic heterocycles. The molecule has 0 aromatic carbocycles. The van der Waals surface area contributed by atoms with Crippen LogP contribution in [0.3, 0.4) is 0 Å². The third-order valence-corrected chi connectivity index (χ3v) is 1.70. The number of fused-ring (bicyclic) bond motifs is 1. The molecule has 2 aromatic rings. The highest BCUT2D eigenvalue weighted by molar-refractivity contribution is 5.72. The Hall–Kier alpha value is -1.85. The number of nitrogens with two attached hydrogens (primary N) is 1. The zero-order chi connectivity index (χ0) is 8.72. The molecule has 0 aliphatic carbocycles. The normalized spacial score (nSPS) is 10.8. The largest absolute Gasteiger partial charge is 0.369 e. The van der Waals surface area contributed by atoms with Crippen LogP contribution >= 0.6 is 0 Å². The third-order valence-electron chi connectivity index (χ3n) is 1.70. The summed E-state index contributed by atoms with van der Waals surface area (Å²) in [5.74, 6) is 0.286. The predicted molar refractivity (Wildman–Crippen MR) is 43.5 cm³/mol. The maximum absolute atomic E-state index is 11.1. The standard InChI is InChI=1S/C6H7N5O/c1-11-4-3(10-6(11)7)5(12)9-2-8-4/h2H,1H3,(H2,7,10)(H,8,9,12). The number of hydrogen-bond acceptors (Lipinski definition) is 4. The maximum Gasteiger partial charge on any atom is 0.278 e. The van der Waals surface area contributed by atoms with Crippen LogP contribution in [0.5, 0.6) is 0 Å². The van der Waals surface area contributed by atoms with E-state index in [0.717, 1.165) is 0 Å². The van der Waals surface area contributed by atoms with Gasteiger partial charge in [-0.25, -0.2) is 9.97 Å². The number of nitrogens with zero attached hydrogens (tertiary/aromatic N) is 3. The highest BCUT2D eigenvalue weighted by Crippen LogP contribution is 2.07. The molecule has 62 valence electrons. The van der Waals surface area contributed by atoms with Crippen molar-refractivity contribution in [1.29, 1.82) is 0 Å². The molecule has 12 heavy (non-hydrogen) atoms.